The quantitative estimate of drug-likeness (QED) is 0.370. The van der Waals surface area contributed by atoms with Gasteiger partial charge in [0, 0.05) is 13.2 Å². The Morgan fingerprint density at radius 3 is 1.76 bits per heavy atom. The van der Waals surface area contributed by atoms with E-state index in [1.807, 2.05) is 13.8 Å². The molecule has 0 aliphatic carbocycles. The van der Waals surface area contributed by atoms with E-state index in [-0.39, 0.29) is 18.3 Å². The first-order valence-corrected chi connectivity index (χ1v) is 10.6. The van der Waals surface area contributed by atoms with E-state index in [0.29, 0.717) is 13.2 Å². The topological polar surface area (TPSA) is 54.0 Å². The molecule has 0 N–H and O–H groups in total. The van der Waals surface area contributed by atoms with Gasteiger partial charge in [0.05, 0.1) is 13.2 Å². The molecular weight excluding hydrogens is 288 g/mol. The fourth-order valence-corrected chi connectivity index (χ4v) is 2.48. The zero-order chi connectivity index (χ0) is 16.7. The summed E-state index contributed by atoms with van der Waals surface area (Å²) in [6, 6.07) is 0. The van der Waals surface area contributed by atoms with Gasteiger partial charge in [-0.1, -0.05) is 20.8 Å². The van der Waals surface area contributed by atoms with Crippen molar-refractivity contribution < 1.29 is 23.4 Å². The number of hydrogen-bond acceptors (Lipinski definition) is 5. The van der Waals surface area contributed by atoms with Crippen molar-refractivity contribution in [2.45, 2.75) is 65.5 Å². The minimum Gasteiger partial charge on any atom is -0.462 e. The second-order valence-corrected chi connectivity index (χ2v) is 11.2. The van der Waals surface area contributed by atoms with Crippen molar-refractivity contribution in [2.24, 2.45) is 0 Å². The van der Waals surface area contributed by atoms with Gasteiger partial charge in [-0.25, -0.2) is 4.79 Å². The molecule has 0 saturated heterocycles. The first-order valence-electron chi connectivity index (χ1n) is 7.65. The second kappa shape index (κ2) is 8.27. The van der Waals surface area contributed by atoms with E-state index in [1.165, 1.54) is 0 Å². The van der Waals surface area contributed by atoms with E-state index in [2.05, 4.69) is 33.9 Å². The molecule has 0 atom stereocenters. The Labute approximate surface area is 130 Å². The fraction of sp³-hybridized carbons (Fsp3) is 0.933. The summed E-state index contributed by atoms with van der Waals surface area (Å²) in [7, 11) is -2.01. The number of hydrogen-bond donors (Lipinski definition) is 0. The van der Waals surface area contributed by atoms with Crippen LogP contribution in [0.2, 0.25) is 18.1 Å². The van der Waals surface area contributed by atoms with Crippen LogP contribution in [0.25, 0.3) is 0 Å². The minimum atomic E-state index is -2.01. The molecule has 0 rings (SSSR count). The van der Waals surface area contributed by atoms with Gasteiger partial charge in [-0.05, 0) is 38.9 Å². The van der Waals surface area contributed by atoms with Crippen molar-refractivity contribution in [3.05, 3.63) is 0 Å². The summed E-state index contributed by atoms with van der Waals surface area (Å²) < 4.78 is 22.4. The Morgan fingerprint density at radius 2 is 1.43 bits per heavy atom. The van der Waals surface area contributed by atoms with Gasteiger partial charge >= 0.3 is 5.97 Å². The molecule has 6 heteroatoms. The van der Waals surface area contributed by atoms with E-state index in [1.54, 1.807) is 6.92 Å². The van der Waals surface area contributed by atoms with E-state index < -0.39 is 20.1 Å². The van der Waals surface area contributed by atoms with Crippen LogP contribution < -0.4 is 0 Å². The van der Waals surface area contributed by atoms with Gasteiger partial charge in [0.1, 0.15) is 0 Å². The lowest BCUT2D eigenvalue weighted by atomic mass is 10.2. The molecule has 0 fully saturated rings. The number of esters is 1. The van der Waals surface area contributed by atoms with Gasteiger partial charge in [-0.3, -0.25) is 0 Å². The highest BCUT2D eigenvalue weighted by Gasteiger charge is 2.46. The SMILES string of the molecule is CCOC(=O)C(CO[Si](C)(C)C(C)(C)C)(OCC)OCC. The lowest BCUT2D eigenvalue weighted by Gasteiger charge is -2.39. The van der Waals surface area contributed by atoms with Crippen LogP contribution in [0.15, 0.2) is 0 Å². The number of rotatable bonds is 9. The Kier molecular flexibility index (Phi) is 8.10. The highest BCUT2D eigenvalue weighted by atomic mass is 28.4. The highest BCUT2D eigenvalue weighted by molar-refractivity contribution is 6.74. The van der Waals surface area contributed by atoms with Crippen LogP contribution in [0, 0.1) is 0 Å². The van der Waals surface area contributed by atoms with E-state index >= 15 is 0 Å². The monoisotopic (exact) mass is 320 g/mol. The normalized spacial score (nSPS) is 13.3. The zero-order valence-corrected chi connectivity index (χ0v) is 15.9. The van der Waals surface area contributed by atoms with Crippen molar-refractivity contribution in [1.82, 2.24) is 0 Å². The molecule has 0 unspecified atom stereocenters. The van der Waals surface area contributed by atoms with Gasteiger partial charge in [-0.2, -0.15) is 0 Å². The molecule has 0 aromatic heterocycles. The number of ether oxygens (including phenoxy) is 3. The summed E-state index contributed by atoms with van der Waals surface area (Å²) >= 11 is 0. The van der Waals surface area contributed by atoms with E-state index in [0.717, 1.165) is 0 Å². The third-order valence-electron chi connectivity index (χ3n) is 3.77. The van der Waals surface area contributed by atoms with Crippen molar-refractivity contribution in [2.75, 3.05) is 26.4 Å². The summed E-state index contributed by atoms with van der Waals surface area (Å²) in [5.74, 6) is -1.98. The molecule has 126 valence electrons. The summed E-state index contributed by atoms with van der Waals surface area (Å²) in [6.45, 7) is 17.1. The largest absolute Gasteiger partial charge is 0.462 e. The van der Waals surface area contributed by atoms with Gasteiger partial charge in [0.2, 0.25) is 0 Å². The molecule has 0 aromatic rings. The van der Waals surface area contributed by atoms with Gasteiger partial charge in [0.15, 0.2) is 8.32 Å². The van der Waals surface area contributed by atoms with Crippen LogP contribution in [0.5, 0.6) is 0 Å². The van der Waals surface area contributed by atoms with Crippen LogP contribution in [0.4, 0.5) is 0 Å². The molecule has 0 bridgehead atoms. The maximum absolute atomic E-state index is 12.3. The van der Waals surface area contributed by atoms with Crippen LogP contribution >= 0.6 is 0 Å². The summed E-state index contributed by atoms with van der Waals surface area (Å²) in [6.07, 6.45) is 0. The average molecular weight is 321 g/mol. The molecule has 0 saturated carbocycles. The van der Waals surface area contributed by atoms with Crippen LogP contribution in [0.3, 0.4) is 0 Å². The van der Waals surface area contributed by atoms with E-state index in [4.69, 9.17) is 18.6 Å². The molecule has 0 radical (unpaired) electrons. The molecule has 0 heterocycles. The van der Waals surface area contributed by atoms with Crippen LogP contribution in [0.1, 0.15) is 41.5 Å². The first-order chi connectivity index (χ1) is 9.56. The standard InChI is InChI=1S/C15H32O5Si/c1-9-17-13(16)15(18-10-2,19-11-3)12-20-21(7,8)14(4,5)6/h9-12H2,1-8H3. The molecule has 0 aliphatic heterocycles. The van der Waals surface area contributed by atoms with Gasteiger partial charge in [-0.15, -0.1) is 0 Å². The molecule has 0 spiro atoms. The Hall–Kier alpha value is -0.433. The van der Waals surface area contributed by atoms with Gasteiger partial charge in [0.25, 0.3) is 5.79 Å². The molecule has 0 aliphatic rings. The smallest absolute Gasteiger partial charge is 0.369 e. The van der Waals surface area contributed by atoms with E-state index in [9.17, 15) is 4.79 Å². The average Bonchev–Trinajstić information content (AvgIpc) is 2.35. The Balaban J connectivity index is 5.17. The maximum atomic E-state index is 12.3. The first kappa shape index (κ1) is 20.6. The third-order valence-corrected chi connectivity index (χ3v) is 8.25. The molecular formula is C15H32O5Si. The zero-order valence-electron chi connectivity index (χ0n) is 14.9. The Morgan fingerprint density at radius 1 is 0.952 bits per heavy atom. The van der Waals surface area contributed by atoms with Crippen LogP contribution in [-0.2, 0) is 23.4 Å². The van der Waals surface area contributed by atoms with Crippen molar-refractivity contribution in [3.8, 4) is 0 Å². The van der Waals surface area contributed by atoms with Gasteiger partial charge < -0.3 is 18.6 Å². The fourth-order valence-electron chi connectivity index (χ4n) is 1.50. The minimum absolute atomic E-state index is 0.0475. The second-order valence-electron chi connectivity index (χ2n) is 6.39. The number of carbonyl (C=O) groups is 1. The summed E-state index contributed by atoms with van der Waals surface area (Å²) in [4.78, 5) is 12.3. The molecule has 0 aromatic carbocycles. The number of carbonyl (C=O) groups excluding carboxylic acids is 1. The maximum Gasteiger partial charge on any atom is 0.369 e. The van der Waals surface area contributed by atoms with Crippen molar-refractivity contribution in [3.63, 3.8) is 0 Å². The van der Waals surface area contributed by atoms with Crippen molar-refractivity contribution >= 4 is 14.3 Å². The molecule has 21 heavy (non-hydrogen) atoms. The molecule has 5 nitrogen and oxygen atoms in total. The molecule has 0 amide bonds. The summed E-state index contributed by atoms with van der Waals surface area (Å²) in [5, 5.41) is 0.0475. The summed E-state index contributed by atoms with van der Waals surface area (Å²) in [5.41, 5.74) is 0. The lowest BCUT2D eigenvalue weighted by Crippen LogP contribution is -2.53. The van der Waals surface area contributed by atoms with Crippen LogP contribution in [-0.4, -0.2) is 46.5 Å². The Bertz CT molecular complexity index is 317. The predicted molar refractivity (Wildman–Crippen MR) is 85.8 cm³/mol. The lowest BCUT2D eigenvalue weighted by molar-refractivity contribution is -0.255. The van der Waals surface area contributed by atoms with Crippen molar-refractivity contribution in [1.29, 1.82) is 0 Å². The highest BCUT2D eigenvalue weighted by Crippen LogP contribution is 2.37. The predicted octanol–water partition coefficient (Wildman–Crippen LogP) is 3.34. The third kappa shape index (κ3) is 5.69.